The molecule has 0 unspecified atom stereocenters. The highest BCUT2D eigenvalue weighted by molar-refractivity contribution is 6.10. The Balaban J connectivity index is 1.74. The molecule has 0 spiro atoms. The van der Waals surface area contributed by atoms with Crippen molar-refractivity contribution in [3.63, 3.8) is 0 Å². The van der Waals surface area contributed by atoms with Gasteiger partial charge in [-0.25, -0.2) is 9.37 Å². The molecule has 8 nitrogen and oxygen atoms in total. The van der Waals surface area contributed by atoms with Gasteiger partial charge in [0.25, 0.3) is 5.91 Å². The first kappa shape index (κ1) is 25.3. The Labute approximate surface area is 207 Å². The van der Waals surface area contributed by atoms with E-state index in [0.717, 1.165) is 22.9 Å². The van der Waals surface area contributed by atoms with Crippen molar-refractivity contribution >= 4 is 28.4 Å². The number of aromatic nitrogens is 3. The Bertz CT molecular complexity index is 1620. The number of fused-ring (bicyclic) bond motifs is 1. The van der Waals surface area contributed by atoms with Crippen LogP contribution in [-0.4, -0.2) is 26.6 Å². The number of benzene rings is 2. The zero-order valence-electron chi connectivity index (χ0n) is 19.4. The molecule has 0 aliphatic carbocycles. The minimum atomic E-state index is -4.91. The fraction of sp³-hybridized carbons (Fsp3) is 0.160. The van der Waals surface area contributed by atoms with Gasteiger partial charge in [0, 0.05) is 11.5 Å². The summed E-state index contributed by atoms with van der Waals surface area (Å²) in [6.45, 7) is 3.00. The topological polar surface area (TPSA) is 127 Å². The standard InChI is InChI=1S/C25H18F4N6O2/c1-12-7-14(3-4-15(12)10-30)11-35-13(2)21(22(34-35)25(27,28)29)33-24(37)20-9-18(23(31)36)17-6-5-16(26)8-19(17)32-20/h3-9H,11H2,1-2H3,(H2,31,36)(H,33,37). The monoisotopic (exact) mass is 510 g/mol. The van der Waals surface area contributed by atoms with Gasteiger partial charge in [-0.1, -0.05) is 12.1 Å². The van der Waals surface area contributed by atoms with E-state index in [1.165, 1.54) is 13.0 Å². The van der Waals surface area contributed by atoms with Gasteiger partial charge in [0.1, 0.15) is 11.5 Å². The maximum Gasteiger partial charge on any atom is 0.437 e. The van der Waals surface area contributed by atoms with Gasteiger partial charge in [0.15, 0.2) is 5.69 Å². The average molecular weight is 510 g/mol. The van der Waals surface area contributed by atoms with Crippen molar-refractivity contribution in [1.29, 1.82) is 5.26 Å². The number of nitrogens with two attached hydrogens (primary N) is 1. The van der Waals surface area contributed by atoms with Crippen molar-refractivity contribution in [2.45, 2.75) is 26.6 Å². The zero-order valence-corrected chi connectivity index (χ0v) is 19.4. The fourth-order valence-electron chi connectivity index (χ4n) is 3.87. The Hall–Kier alpha value is -4.79. The van der Waals surface area contributed by atoms with Crippen LogP contribution in [0, 0.1) is 31.0 Å². The smallest absolute Gasteiger partial charge is 0.366 e. The second-order valence-corrected chi connectivity index (χ2v) is 8.26. The number of halogens is 4. The molecule has 12 heteroatoms. The predicted octanol–water partition coefficient (Wildman–Crippen LogP) is 4.48. The number of carbonyl (C=O) groups excluding carboxylic acids is 2. The number of hydrogen-bond acceptors (Lipinski definition) is 5. The summed E-state index contributed by atoms with van der Waals surface area (Å²) >= 11 is 0. The molecule has 4 aromatic rings. The number of anilines is 1. The van der Waals surface area contributed by atoms with Crippen LogP contribution in [0.3, 0.4) is 0 Å². The summed E-state index contributed by atoms with van der Waals surface area (Å²) in [4.78, 5) is 28.9. The highest BCUT2D eigenvalue weighted by Crippen LogP contribution is 2.36. The van der Waals surface area contributed by atoms with Crippen LogP contribution in [0.1, 0.15) is 48.9 Å². The fourth-order valence-corrected chi connectivity index (χ4v) is 3.87. The van der Waals surface area contributed by atoms with Crippen molar-refractivity contribution in [2.24, 2.45) is 5.73 Å². The van der Waals surface area contributed by atoms with Crippen LogP contribution in [0.5, 0.6) is 0 Å². The summed E-state index contributed by atoms with van der Waals surface area (Å²) in [6, 6.07) is 11.2. The number of rotatable bonds is 5. The highest BCUT2D eigenvalue weighted by atomic mass is 19.4. The molecular weight excluding hydrogens is 492 g/mol. The number of nitriles is 1. The third-order valence-electron chi connectivity index (χ3n) is 5.73. The first-order chi connectivity index (χ1) is 17.4. The lowest BCUT2D eigenvalue weighted by Gasteiger charge is -2.11. The number of aryl methyl sites for hydroxylation is 1. The second-order valence-electron chi connectivity index (χ2n) is 8.26. The number of carbonyl (C=O) groups is 2. The van der Waals surface area contributed by atoms with Crippen LogP contribution in [0.25, 0.3) is 10.9 Å². The summed E-state index contributed by atoms with van der Waals surface area (Å²) in [5.74, 6) is -2.69. The summed E-state index contributed by atoms with van der Waals surface area (Å²) in [6.07, 6.45) is -4.91. The first-order valence-corrected chi connectivity index (χ1v) is 10.7. The third-order valence-corrected chi connectivity index (χ3v) is 5.73. The summed E-state index contributed by atoms with van der Waals surface area (Å²) in [5.41, 5.74) is 4.49. The van der Waals surface area contributed by atoms with E-state index in [0.29, 0.717) is 16.7 Å². The largest absolute Gasteiger partial charge is 0.437 e. The van der Waals surface area contributed by atoms with E-state index < -0.39 is 40.9 Å². The lowest BCUT2D eigenvalue weighted by atomic mass is 10.1. The summed E-state index contributed by atoms with van der Waals surface area (Å²) in [5, 5.41) is 15.1. The lowest BCUT2D eigenvalue weighted by molar-refractivity contribution is -0.140. The molecule has 0 atom stereocenters. The molecule has 0 aliphatic rings. The number of primary amides is 1. The Morgan fingerprint density at radius 3 is 2.49 bits per heavy atom. The van der Waals surface area contributed by atoms with Gasteiger partial charge in [-0.3, -0.25) is 14.3 Å². The molecule has 2 aromatic heterocycles. The van der Waals surface area contributed by atoms with Crippen molar-refractivity contribution < 1.29 is 27.2 Å². The van der Waals surface area contributed by atoms with Crippen LogP contribution >= 0.6 is 0 Å². The van der Waals surface area contributed by atoms with Crippen molar-refractivity contribution in [3.8, 4) is 6.07 Å². The van der Waals surface area contributed by atoms with Gasteiger partial charge in [-0.05, 0) is 49.2 Å². The van der Waals surface area contributed by atoms with Crippen LogP contribution in [-0.2, 0) is 12.7 Å². The molecule has 0 fully saturated rings. The molecule has 0 aliphatic heterocycles. The van der Waals surface area contributed by atoms with Crippen molar-refractivity contribution in [3.05, 3.63) is 87.6 Å². The molecule has 2 heterocycles. The quantitative estimate of drug-likeness (QED) is 0.383. The van der Waals surface area contributed by atoms with Crippen LogP contribution in [0.4, 0.5) is 23.2 Å². The van der Waals surface area contributed by atoms with E-state index in [1.54, 1.807) is 25.1 Å². The van der Waals surface area contributed by atoms with Gasteiger partial charge in [-0.2, -0.15) is 23.5 Å². The van der Waals surface area contributed by atoms with Gasteiger partial charge < -0.3 is 11.1 Å². The molecule has 0 bridgehead atoms. The number of nitrogens with one attached hydrogen (secondary N) is 1. The molecule has 4 rings (SSSR count). The minimum Gasteiger partial charge on any atom is -0.366 e. The Kier molecular flexibility index (Phi) is 6.39. The molecule has 2 amide bonds. The number of hydrogen-bond donors (Lipinski definition) is 2. The molecule has 37 heavy (non-hydrogen) atoms. The predicted molar refractivity (Wildman–Crippen MR) is 125 cm³/mol. The zero-order chi connectivity index (χ0) is 27.1. The number of nitrogens with zero attached hydrogens (tertiary/aromatic N) is 4. The third kappa shape index (κ3) is 4.97. The van der Waals surface area contributed by atoms with E-state index in [1.807, 2.05) is 6.07 Å². The van der Waals surface area contributed by atoms with Crippen LogP contribution in [0.2, 0.25) is 0 Å². The lowest BCUT2D eigenvalue weighted by Crippen LogP contribution is -2.19. The van der Waals surface area contributed by atoms with E-state index in [2.05, 4.69) is 15.4 Å². The van der Waals surface area contributed by atoms with Crippen molar-refractivity contribution in [2.75, 3.05) is 5.32 Å². The van der Waals surface area contributed by atoms with Gasteiger partial charge in [-0.15, -0.1) is 0 Å². The average Bonchev–Trinajstić information content (AvgIpc) is 3.13. The van der Waals surface area contributed by atoms with Gasteiger partial charge in [0.2, 0.25) is 5.91 Å². The molecule has 188 valence electrons. The second kappa shape index (κ2) is 9.34. The van der Waals surface area contributed by atoms with Gasteiger partial charge >= 0.3 is 6.18 Å². The SMILES string of the molecule is Cc1cc(Cn2nc(C(F)(F)F)c(NC(=O)c3cc(C(N)=O)c4ccc(F)cc4n3)c2C)ccc1C#N. The Morgan fingerprint density at radius 2 is 1.86 bits per heavy atom. The molecular formula is C25H18F4N6O2. The normalized spacial score (nSPS) is 11.4. The molecule has 0 radical (unpaired) electrons. The number of pyridine rings is 1. The van der Waals surface area contributed by atoms with Crippen molar-refractivity contribution in [1.82, 2.24) is 14.8 Å². The number of alkyl halides is 3. The molecule has 2 aromatic carbocycles. The van der Waals surface area contributed by atoms with E-state index in [4.69, 9.17) is 11.0 Å². The van der Waals surface area contributed by atoms with E-state index in [-0.39, 0.29) is 28.7 Å². The maximum atomic E-state index is 13.8. The van der Waals surface area contributed by atoms with Crippen LogP contribution < -0.4 is 11.1 Å². The number of amides is 2. The van der Waals surface area contributed by atoms with E-state index >= 15 is 0 Å². The maximum absolute atomic E-state index is 13.8. The highest BCUT2D eigenvalue weighted by Gasteiger charge is 2.39. The first-order valence-electron chi connectivity index (χ1n) is 10.7. The Morgan fingerprint density at radius 1 is 1.14 bits per heavy atom. The summed E-state index contributed by atoms with van der Waals surface area (Å²) in [7, 11) is 0. The molecule has 0 saturated heterocycles. The van der Waals surface area contributed by atoms with Gasteiger partial charge in [0.05, 0.1) is 40.6 Å². The molecule has 0 saturated carbocycles. The van der Waals surface area contributed by atoms with E-state index in [9.17, 15) is 27.2 Å². The van der Waals surface area contributed by atoms with Crippen LogP contribution in [0.15, 0.2) is 42.5 Å². The summed E-state index contributed by atoms with van der Waals surface area (Å²) < 4.78 is 56.3. The minimum absolute atomic E-state index is 0.00430. The molecule has 3 N–H and O–H groups in total.